The lowest BCUT2D eigenvalue weighted by Crippen LogP contribution is -2.21. The normalized spacial score (nSPS) is 11.0. The van der Waals surface area contributed by atoms with Crippen LogP contribution in [0.5, 0.6) is 0 Å². The second-order valence-electron chi connectivity index (χ2n) is 8.22. The van der Waals surface area contributed by atoms with Crippen molar-refractivity contribution < 1.29 is 18.7 Å². The smallest absolute Gasteiger partial charge is 0.339 e. The van der Waals surface area contributed by atoms with Crippen molar-refractivity contribution in [2.75, 3.05) is 11.9 Å². The van der Waals surface area contributed by atoms with Gasteiger partial charge in [0.25, 0.3) is 5.91 Å². The minimum absolute atomic E-state index is 0.323. The number of carbonyl (C=O) groups is 2. The zero-order valence-corrected chi connectivity index (χ0v) is 20.2. The molecule has 0 saturated heterocycles. The van der Waals surface area contributed by atoms with Gasteiger partial charge >= 0.3 is 5.97 Å². The number of esters is 1. The molecule has 0 aliphatic heterocycles. The van der Waals surface area contributed by atoms with Gasteiger partial charge in [-0.05, 0) is 29.7 Å². The number of fused-ring (bicyclic) bond motifs is 2. The van der Waals surface area contributed by atoms with Crippen molar-refractivity contribution in [3.63, 3.8) is 0 Å². The highest BCUT2D eigenvalue weighted by Crippen LogP contribution is 2.33. The molecule has 0 unspecified atom stereocenters. The van der Waals surface area contributed by atoms with E-state index in [4.69, 9.17) is 9.15 Å². The van der Waals surface area contributed by atoms with Gasteiger partial charge in [-0.3, -0.25) is 10.1 Å². The van der Waals surface area contributed by atoms with Crippen molar-refractivity contribution in [1.82, 2.24) is 9.97 Å². The second kappa shape index (κ2) is 9.67. The van der Waals surface area contributed by atoms with Gasteiger partial charge in [0.05, 0.1) is 11.3 Å². The van der Waals surface area contributed by atoms with Crippen molar-refractivity contribution in [3.8, 4) is 22.7 Å². The monoisotopic (exact) mass is 505 g/mol. The molecule has 0 radical (unpaired) electrons. The van der Waals surface area contributed by atoms with Crippen molar-refractivity contribution in [2.45, 2.75) is 0 Å². The number of nitrogens with zero attached hydrogens (tertiary/aromatic N) is 2. The maximum atomic E-state index is 13.1. The fourth-order valence-electron chi connectivity index (χ4n) is 4.11. The molecule has 6 rings (SSSR count). The molecule has 2 aromatic heterocycles. The van der Waals surface area contributed by atoms with Crippen LogP contribution in [0.15, 0.2) is 101 Å². The largest absolute Gasteiger partial charge is 0.452 e. The molecule has 6 aromatic rings. The highest BCUT2D eigenvalue weighted by molar-refractivity contribution is 7.14. The molecule has 8 heteroatoms. The van der Waals surface area contributed by atoms with E-state index < -0.39 is 18.5 Å². The Bertz CT molecular complexity index is 1720. The molecule has 7 nitrogen and oxygen atoms in total. The number of aromatic nitrogens is 2. The predicted molar refractivity (Wildman–Crippen MR) is 143 cm³/mol. The molecule has 180 valence electrons. The molecule has 1 amide bonds. The average molecular weight is 506 g/mol. The molecule has 1 N–H and O–H groups in total. The van der Waals surface area contributed by atoms with E-state index in [2.05, 4.69) is 15.3 Å². The van der Waals surface area contributed by atoms with Crippen LogP contribution in [0.3, 0.4) is 0 Å². The van der Waals surface area contributed by atoms with E-state index in [0.29, 0.717) is 33.1 Å². The summed E-state index contributed by atoms with van der Waals surface area (Å²) in [5.74, 6) is -0.682. The van der Waals surface area contributed by atoms with Gasteiger partial charge in [0.2, 0.25) is 5.89 Å². The number of para-hydroxylation sites is 2. The van der Waals surface area contributed by atoms with Crippen LogP contribution in [0.25, 0.3) is 44.6 Å². The molecular formula is C29H19N3O4S. The topological polar surface area (TPSA) is 94.3 Å². The number of thiazole rings is 1. The minimum Gasteiger partial charge on any atom is -0.452 e. The highest BCUT2D eigenvalue weighted by Gasteiger charge is 2.19. The first-order valence-corrected chi connectivity index (χ1v) is 12.4. The summed E-state index contributed by atoms with van der Waals surface area (Å²) in [6.07, 6.45) is 0. The molecule has 0 bridgehead atoms. The summed E-state index contributed by atoms with van der Waals surface area (Å²) in [6.45, 7) is -0.444. The molecule has 4 aromatic carbocycles. The second-order valence-corrected chi connectivity index (χ2v) is 9.08. The molecule has 0 aliphatic rings. The number of ether oxygens (including phenoxy) is 1. The zero-order valence-electron chi connectivity index (χ0n) is 19.4. The highest BCUT2D eigenvalue weighted by atomic mass is 32.1. The standard InChI is InChI=1S/C29H19N3O4S/c33-25(32-29-31-23(17-37-29)18-8-2-1-3-9-18)16-35-28(34)21-13-7-11-19-10-6-12-20(26(19)21)27-30-22-14-4-5-15-24(22)36-27/h1-15,17H,16H2,(H,31,32,33). The number of hydrogen-bond acceptors (Lipinski definition) is 7. The van der Waals surface area contributed by atoms with Gasteiger partial charge in [0.1, 0.15) is 5.52 Å². The quantitative estimate of drug-likeness (QED) is 0.257. The van der Waals surface area contributed by atoms with Gasteiger partial charge in [0.15, 0.2) is 17.3 Å². The molecule has 0 spiro atoms. The molecule has 0 atom stereocenters. The van der Waals surface area contributed by atoms with E-state index in [1.165, 1.54) is 11.3 Å². The summed E-state index contributed by atoms with van der Waals surface area (Å²) in [5, 5.41) is 6.47. The van der Waals surface area contributed by atoms with E-state index in [1.807, 2.05) is 84.2 Å². The van der Waals surface area contributed by atoms with Gasteiger partial charge in [0, 0.05) is 21.9 Å². The number of oxazole rings is 1. The van der Waals surface area contributed by atoms with Gasteiger partial charge in [-0.1, -0.05) is 66.7 Å². The lowest BCUT2D eigenvalue weighted by Gasteiger charge is -2.10. The van der Waals surface area contributed by atoms with E-state index in [9.17, 15) is 9.59 Å². The number of hydrogen-bond donors (Lipinski definition) is 1. The van der Waals surface area contributed by atoms with Crippen molar-refractivity contribution in [2.24, 2.45) is 0 Å². The molecule has 2 heterocycles. The molecule has 37 heavy (non-hydrogen) atoms. The lowest BCUT2D eigenvalue weighted by molar-refractivity contribution is -0.119. The molecule has 0 aliphatic carbocycles. The first kappa shape index (κ1) is 22.6. The number of amides is 1. The summed E-state index contributed by atoms with van der Waals surface area (Å²) in [7, 11) is 0. The summed E-state index contributed by atoms with van der Waals surface area (Å²) in [6, 6.07) is 28.1. The predicted octanol–water partition coefficient (Wildman–Crippen LogP) is 6.57. The zero-order chi connectivity index (χ0) is 25.2. The van der Waals surface area contributed by atoms with Crippen LogP contribution in [0.1, 0.15) is 10.4 Å². The summed E-state index contributed by atoms with van der Waals surface area (Å²) in [5.41, 5.74) is 4.09. The van der Waals surface area contributed by atoms with Gasteiger partial charge in [-0.2, -0.15) is 0 Å². The third kappa shape index (κ3) is 4.57. The van der Waals surface area contributed by atoms with Gasteiger partial charge < -0.3 is 9.15 Å². The number of nitrogens with one attached hydrogen (secondary N) is 1. The SMILES string of the molecule is O=C(COC(=O)c1cccc2cccc(-c3nc4ccccc4o3)c12)Nc1nc(-c2ccccc2)cs1. The van der Waals surface area contributed by atoms with E-state index in [1.54, 1.807) is 12.1 Å². The average Bonchev–Trinajstić information content (AvgIpc) is 3.59. The fourth-order valence-corrected chi connectivity index (χ4v) is 4.85. The number of benzene rings is 4. The molecular weight excluding hydrogens is 486 g/mol. The Hall–Kier alpha value is -4.82. The number of anilines is 1. The summed E-state index contributed by atoms with van der Waals surface area (Å²) < 4.78 is 11.3. The minimum atomic E-state index is -0.617. The Labute approximate surface area is 215 Å². The lowest BCUT2D eigenvalue weighted by atomic mass is 9.99. The van der Waals surface area contributed by atoms with Gasteiger partial charge in [-0.25, -0.2) is 14.8 Å². The maximum Gasteiger partial charge on any atom is 0.339 e. The van der Waals surface area contributed by atoms with Gasteiger partial charge in [-0.15, -0.1) is 11.3 Å². The third-order valence-corrected chi connectivity index (χ3v) is 6.56. The van der Waals surface area contributed by atoms with Crippen molar-refractivity contribution >= 4 is 50.2 Å². The Morgan fingerprint density at radius 3 is 2.49 bits per heavy atom. The third-order valence-electron chi connectivity index (χ3n) is 5.80. The Kier molecular flexibility index (Phi) is 5.92. The van der Waals surface area contributed by atoms with Crippen LogP contribution in [-0.2, 0) is 9.53 Å². The number of carbonyl (C=O) groups excluding carboxylic acids is 2. The van der Waals surface area contributed by atoms with E-state index in [0.717, 1.165) is 22.2 Å². The van der Waals surface area contributed by atoms with Crippen molar-refractivity contribution in [3.05, 3.63) is 102 Å². The van der Waals surface area contributed by atoms with Crippen LogP contribution >= 0.6 is 11.3 Å². The Morgan fingerprint density at radius 2 is 1.65 bits per heavy atom. The molecule has 0 fully saturated rings. The first-order chi connectivity index (χ1) is 18.2. The van der Waals surface area contributed by atoms with Crippen molar-refractivity contribution in [1.29, 1.82) is 0 Å². The Morgan fingerprint density at radius 1 is 0.865 bits per heavy atom. The Balaban J connectivity index is 1.21. The van der Waals surface area contributed by atoms with E-state index >= 15 is 0 Å². The van der Waals surface area contributed by atoms with Crippen LogP contribution in [0, 0.1) is 0 Å². The van der Waals surface area contributed by atoms with Crippen LogP contribution in [-0.4, -0.2) is 28.5 Å². The first-order valence-electron chi connectivity index (χ1n) is 11.5. The summed E-state index contributed by atoms with van der Waals surface area (Å²) >= 11 is 1.31. The van der Waals surface area contributed by atoms with E-state index in [-0.39, 0.29) is 0 Å². The molecule has 0 saturated carbocycles. The van der Waals surface area contributed by atoms with Crippen LogP contribution in [0.4, 0.5) is 5.13 Å². The summed E-state index contributed by atoms with van der Waals surface area (Å²) in [4.78, 5) is 34.6. The van der Waals surface area contributed by atoms with Crippen LogP contribution < -0.4 is 5.32 Å². The fraction of sp³-hybridized carbons (Fsp3) is 0.0345. The van der Waals surface area contributed by atoms with Crippen LogP contribution in [0.2, 0.25) is 0 Å². The maximum absolute atomic E-state index is 13.1. The number of rotatable bonds is 6.